The molecule has 0 heterocycles. The van der Waals surface area contributed by atoms with Gasteiger partial charge in [-0.05, 0) is 68.7 Å². The van der Waals surface area contributed by atoms with E-state index in [-0.39, 0.29) is 5.54 Å². The molecule has 2 heteroatoms. The second kappa shape index (κ2) is 7.08. The molecule has 3 atom stereocenters. The van der Waals surface area contributed by atoms with Crippen molar-refractivity contribution in [3.05, 3.63) is 0 Å². The Hall–Kier alpha value is -0.0800. The molecule has 0 radical (unpaired) electrons. The van der Waals surface area contributed by atoms with E-state index in [1.54, 1.807) is 0 Å². The van der Waals surface area contributed by atoms with Gasteiger partial charge in [-0.25, -0.2) is 0 Å². The van der Waals surface area contributed by atoms with Crippen molar-refractivity contribution in [3.8, 4) is 0 Å². The lowest BCUT2D eigenvalue weighted by molar-refractivity contribution is -0.0157. The Bertz CT molecular complexity index is 260. The molecule has 0 spiro atoms. The van der Waals surface area contributed by atoms with Crippen LogP contribution in [0.3, 0.4) is 0 Å². The molecular weight excluding hydrogens is 232 g/mol. The van der Waals surface area contributed by atoms with Gasteiger partial charge in [0, 0.05) is 5.54 Å². The van der Waals surface area contributed by atoms with E-state index in [2.05, 4.69) is 27.7 Å². The van der Waals surface area contributed by atoms with Gasteiger partial charge in [0.15, 0.2) is 0 Å². The van der Waals surface area contributed by atoms with Crippen molar-refractivity contribution in [2.75, 3.05) is 6.54 Å². The fourth-order valence-corrected chi connectivity index (χ4v) is 3.96. The first kappa shape index (κ1) is 17.0. The Morgan fingerprint density at radius 2 is 1.89 bits per heavy atom. The van der Waals surface area contributed by atoms with Crippen LogP contribution in [0.5, 0.6) is 0 Å². The maximum absolute atomic E-state index is 6.48. The van der Waals surface area contributed by atoms with Gasteiger partial charge in [-0.15, -0.1) is 0 Å². The fraction of sp³-hybridized carbons (Fsp3) is 1.00. The average Bonchev–Trinajstić information content (AvgIpc) is 2.42. The van der Waals surface area contributed by atoms with Gasteiger partial charge in [0.1, 0.15) is 0 Å². The second-order valence-electron chi connectivity index (χ2n) is 7.11. The summed E-state index contributed by atoms with van der Waals surface area (Å²) in [6, 6.07) is 0. The SMILES string of the molecule is CCC(CCN)C1CCC1(C)CCC(N)(CC)CC. The highest BCUT2D eigenvalue weighted by Crippen LogP contribution is 2.55. The summed E-state index contributed by atoms with van der Waals surface area (Å²) in [7, 11) is 0. The van der Waals surface area contributed by atoms with E-state index in [0.717, 1.165) is 31.2 Å². The van der Waals surface area contributed by atoms with E-state index in [0.29, 0.717) is 5.41 Å². The normalized spacial score (nSPS) is 29.1. The van der Waals surface area contributed by atoms with Crippen LogP contribution < -0.4 is 11.5 Å². The van der Waals surface area contributed by atoms with Crippen LogP contribution in [0.4, 0.5) is 0 Å². The minimum Gasteiger partial charge on any atom is -0.330 e. The molecule has 0 aromatic heterocycles. The molecule has 3 unspecified atom stereocenters. The third-order valence-electron chi connectivity index (χ3n) is 6.15. The lowest BCUT2D eigenvalue weighted by atomic mass is 9.53. The summed E-state index contributed by atoms with van der Waals surface area (Å²) >= 11 is 0. The van der Waals surface area contributed by atoms with Crippen LogP contribution in [0, 0.1) is 17.3 Å². The standard InChI is InChI=1S/C17H36N2/c1-5-14(9-13-18)15-8-10-16(15,4)11-12-17(19,6-2)7-3/h14-15H,5-13,18-19H2,1-4H3. The number of rotatable bonds is 9. The summed E-state index contributed by atoms with van der Waals surface area (Å²) in [5.41, 5.74) is 12.9. The van der Waals surface area contributed by atoms with E-state index in [1.807, 2.05) is 0 Å². The number of hydrogen-bond donors (Lipinski definition) is 2. The van der Waals surface area contributed by atoms with Gasteiger partial charge >= 0.3 is 0 Å². The second-order valence-corrected chi connectivity index (χ2v) is 7.11. The summed E-state index contributed by atoms with van der Waals surface area (Å²) < 4.78 is 0. The Balaban J connectivity index is 2.56. The van der Waals surface area contributed by atoms with E-state index >= 15 is 0 Å². The zero-order valence-corrected chi connectivity index (χ0v) is 13.7. The highest BCUT2D eigenvalue weighted by molar-refractivity contribution is 4.97. The molecule has 2 nitrogen and oxygen atoms in total. The lowest BCUT2D eigenvalue weighted by Gasteiger charge is -2.52. The van der Waals surface area contributed by atoms with E-state index < -0.39 is 0 Å². The molecule has 0 aliphatic heterocycles. The predicted octanol–water partition coefficient (Wildman–Crippen LogP) is 4.08. The van der Waals surface area contributed by atoms with Crippen molar-refractivity contribution in [2.45, 2.75) is 84.6 Å². The molecule has 0 saturated heterocycles. The first-order chi connectivity index (χ1) is 8.94. The third kappa shape index (κ3) is 3.95. The molecule has 0 amide bonds. The maximum Gasteiger partial charge on any atom is 0.0149 e. The zero-order chi connectivity index (χ0) is 14.5. The Morgan fingerprint density at radius 3 is 2.26 bits per heavy atom. The lowest BCUT2D eigenvalue weighted by Crippen LogP contribution is -2.46. The van der Waals surface area contributed by atoms with Crippen molar-refractivity contribution >= 4 is 0 Å². The summed E-state index contributed by atoms with van der Waals surface area (Å²) in [5.74, 6) is 1.72. The maximum atomic E-state index is 6.48. The molecule has 1 saturated carbocycles. The van der Waals surface area contributed by atoms with Gasteiger partial charge in [-0.1, -0.05) is 34.1 Å². The van der Waals surface area contributed by atoms with Crippen LogP contribution in [0.2, 0.25) is 0 Å². The molecule has 0 aromatic rings. The predicted molar refractivity (Wildman–Crippen MR) is 85.0 cm³/mol. The molecule has 19 heavy (non-hydrogen) atoms. The smallest absolute Gasteiger partial charge is 0.0149 e. The van der Waals surface area contributed by atoms with Crippen molar-refractivity contribution in [3.63, 3.8) is 0 Å². The highest BCUT2D eigenvalue weighted by Gasteiger charge is 2.45. The summed E-state index contributed by atoms with van der Waals surface area (Å²) in [5, 5.41) is 0. The van der Waals surface area contributed by atoms with Gasteiger partial charge < -0.3 is 11.5 Å². The molecule has 1 aliphatic rings. The fourth-order valence-electron chi connectivity index (χ4n) is 3.96. The van der Waals surface area contributed by atoms with Gasteiger partial charge in [0.25, 0.3) is 0 Å². The Kier molecular flexibility index (Phi) is 6.32. The Morgan fingerprint density at radius 1 is 1.26 bits per heavy atom. The van der Waals surface area contributed by atoms with Crippen LogP contribution in [-0.2, 0) is 0 Å². The third-order valence-corrected chi connectivity index (χ3v) is 6.15. The first-order valence-electron chi connectivity index (χ1n) is 8.43. The molecular formula is C17H36N2. The van der Waals surface area contributed by atoms with Gasteiger partial charge in [0.05, 0.1) is 0 Å². The van der Waals surface area contributed by atoms with E-state index in [1.165, 1.54) is 38.5 Å². The largest absolute Gasteiger partial charge is 0.330 e. The molecule has 1 fully saturated rings. The monoisotopic (exact) mass is 268 g/mol. The minimum absolute atomic E-state index is 0.0682. The van der Waals surface area contributed by atoms with Crippen LogP contribution >= 0.6 is 0 Å². The van der Waals surface area contributed by atoms with E-state index in [9.17, 15) is 0 Å². The van der Waals surface area contributed by atoms with Crippen LogP contribution in [0.25, 0.3) is 0 Å². The van der Waals surface area contributed by atoms with Crippen molar-refractivity contribution in [1.29, 1.82) is 0 Å². The van der Waals surface area contributed by atoms with Crippen molar-refractivity contribution in [2.24, 2.45) is 28.7 Å². The average molecular weight is 268 g/mol. The summed E-state index contributed by atoms with van der Waals surface area (Å²) in [6.07, 6.45) is 9.98. The first-order valence-corrected chi connectivity index (χ1v) is 8.43. The molecule has 1 rings (SSSR count). The molecule has 0 aromatic carbocycles. The minimum atomic E-state index is 0.0682. The highest BCUT2D eigenvalue weighted by atomic mass is 14.7. The van der Waals surface area contributed by atoms with Gasteiger partial charge in [-0.2, -0.15) is 0 Å². The van der Waals surface area contributed by atoms with Crippen LogP contribution in [-0.4, -0.2) is 12.1 Å². The molecule has 1 aliphatic carbocycles. The summed E-state index contributed by atoms with van der Waals surface area (Å²) in [6.45, 7) is 10.1. The van der Waals surface area contributed by atoms with Gasteiger partial charge in [-0.3, -0.25) is 0 Å². The molecule has 4 N–H and O–H groups in total. The van der Waals surface area contributed by atoms with Crippen molar-refractivity contribution < 1.29 is 0 Å². The molecule has 0 bridgehead atoms. The Labute approximate surface area is 120 Å². The quantitative estimate of drug-likeness (QED) is 0.662. The van der Waals surface area contributed by atoms with Crippen LogP contribution in [0.1, 0.15) is 79.1 Å². The number of hydrogen-bond acceptors (Lipinski definition) is 2. The molecule has 114 valence electrons. The van der Waals surface area contributed by atoms with Gasteiger partial charge in [0.2, 0.25) is 0 Å². The topological polar surface area (TPSA) is 52.0 Å². The zero-order valence-electron chi connectivity index (χ0n) is 13.7. The van der Waals surface area contributed by atoms with Crippen molar-refractivity contribution in [1.82, 2.24) is 0 Å². The number of nitrogens with two attached hydrogens (primary N) is 2. The van der Waals surface area contributed by atoms with E-state index in [4.69, 9.17) is 11.5 Å². The van der Waals surface area contributed by atoms with Crippen LogP contribution in [0.15, 0.2) is 0 Å². The summed E-state index contributed by atoms with van der Waals surface area (Å²) in [4.78, 5) is 0.